The minimum absolute atomic E-state index is 0.0814. The molecule has 2 aromatic carbocycles. The van der Waals surface area contributed by atoms with Crippen LogP contribution in [0.25, 0.3) is 6.08 Å². The second-order valence-electron chi connectivity index (χ2n) is 6.00. The van der Waals surface area contributed by atoms with Crippen molar-refractivity contribution in [2.24, 2.45) is 0 Å². The number of hydrogen-bond donors (Lipinski definition) is 2. The van der Waals surface area contributed by atoms with Gasteiger partial charge in [-0.1, -0.05) is 42.5 Å². The molecular weight excluding hydrogens is 336 g/mol. The van der Waals surface area contributed by atoms with E-state index in [1.165, 1.54) is 6.08 Å². The van der Waals surface area contributed by atoms with Gasteiger partial charge in [0.25, 0.3) is 0 Å². The molecule has 0 aliphatic heterocycles. The average Bonchev–Trinajstić information content (AvgIpc) is 3.43. The van der Waals surface area contributed by atoms with Gasteiger partial charge in [-0.15, -0.1) is 0 Å². The minimum Gasteiger partial charge on any atom is -0.348 e. The Kier molecular flexibility index (Phi) is 5.31. The van der Waals surface area contributed by atoms with E-state index < -0.39 is 10.0 Å². The second kappa shape index (κ2) is 7.63. The molecule has 1 aliphatic rings. The number of carbonyl (C=O) groups excluding carboxylic acids is 1. The fourth-order valence-corrected chi connectivity index (χ4v) is 3.57. The van der Waals surface area contributed by atoms with Crippen LogP contribution >= 0.6 is 0 Å². The molecular formula is C19H20N2O3S. The van der Waals surface area contributed by atoms with E-state index in [2.05, 4.69) is 10.0 Å². The Bertz CT molecular complexity index is 855. The summed E-state index contributed by atoms with van der Waals surface area (Å²) < 4.78 is 26.8. The highest BCUT2D eigenvalue weighted by Crippen LogP contribution is 2.22. The van der Waals surface area contributed by atoms with E-state index in [0.29, 0.717) is 6.54 Å². The summed E-state index contributed by atoms with van der Waals surface area (Å²) >= 11 is 0. The van der Waals surface area contributed by atoms with Crippen molar-refractivity contribution >= 4 is 22.0 Å². The third-order valence-corrected chi connectivity index (χ3v) is 5.36. The predicted molar refractivity (Wildman–Crippen MR) is 97.1 cm³/mol. The lowest BCUT2D eigenvalue weighted by Crippen LogP contribution is -2.25. The Morgan fingerprint density at radius 3 is 2.36 bits per heavy atom. The Balaban J connectivity index is 1.55. The number of sulfonamides is 1. The zero-order chi connectivity index (χ0) is 17.7. The average molecular weight is 356 g/mol. The molecule has 0 aromatic heterocycles. The number of rotatable bonds is 7. The first-order chi connectivity index (χ1) is 12.0. The largest absolute Gasteiger partial charge is 0.348 e. The molecule has 6 heteroatoms. The van der Waals surface area contributed by atoms with Crippen LogP contribution in [-0.4, -0.2) is 20.4 Å². The van der Waals surface area contributed by atoms with Gasteiger partial charge >= 0.3 is 0 Å². The number of hydrogen-bond acceptors (Lipinski definition) is 3. The first-order valence-corrected chi connectivity index (χ1v) is 9.63. The summed E-state index contributed by atoms with van der Waals surface area (Å²) in [5.41, 5.74) is 1.79. The molecule has 0 radical (unpaired) electrons. The summed E-state index contributed by atoms with van der Waals surface area (Å²) in [5.74, 6) is -0.198. The van der Waals surface area contributed by atoms with Gasteiger partial charge in [-0.05, 0) is 42.2 Å². The summed E-state index contributed by atoms with van der Waals surface area (Å²) in [5, 5.41) is 2.80. The molecule has 0 bridgehead atoms. The molecule has 0 atom stereocenters. The maximum Gasteiger partial charge on any atom is 0.244 e. The number of nitrogens with one attached hydrogen (secondary N) is 2. The van der Waals surface area contributed by atoms with Crippen LogP contribution in [0.4, 0.5) is 0 Å². The lowest BCUT2D eigenvalue weighted by atomic mass is 10.2. The fraction of sp³-hybridized carbons (Fsp3) is 0.211. The topological polar surface area (TPSA) is 75.3 Å². The molecule has 5 nitrogen and oxygen atoms in total. The van der Waals surface area contributed by atoms with Gasteiger partial charge in [0.1, 0.15) is 0 Å². The van der Waals surface area contributed by atoms with Crippen LogP contribution in [-0.2, 0) is 21.4 Å². The SMILES string of the molecule is O=C(C=Cc1ccc(S(=O)(=O)NC2CC2)cc1)NCc1ccccc1. The van der Waals surface area contributed by atoms with Gasteiger partial charge in [0, 0.05) is 18.7 Å². The van der Waals surface area contributed by atoms with E-state index in [1.54, 1.807) is 30.3 Å². The number of amides is 1. The van der Waals surface area contributed by atoms with Crippen LogP contribution in [0.2, 0.25) is 0 Å². The Hall–Kier alpha value is -2.44. The van der Waals surface area contributed by atoms with E-state index in [9.17, 15) is 13.2 Å². The molecule has 1 fully saturated rings. The van der Waals surface area contributed by atoms with E-state index in [0.717, 1.165) is 24.0 Å². The van der Waals surface area contributed by atoms with Gasteiger partial charge in [-0.3, -0.25) is 4.79 Å². The van der Waals surface area contributed by atoms with Crippen molar-refractivity contribution in [3.63, 3.8) is 0 Å². The molecule has 0 heterocycles. The number of carbonyl (C=O) groups is 1. The lowest BCUT2D eigenvalue weighted by molar-refractivity contribution is -0.116. The van der Waals surface area contributed by atoms with E-state index in [4.69, 9.17) is 0 Å². The van der Waals surface area contributed by atoms with Crippen LogP contribution in [0.1, 0.15) is 24.0 Å². The summed E-state index contributed by atoms with van der Waals surface area (Å²) in [6, 6.07) is 16.2. The first-order valence-electron chi connectivity index (χ1n) is 8.15. The third kappa shape index (κ3) is 5.27. The van der Waals surface area contributed by atoms with Crippen LogP contribution < -0.4 is 10.0 Å². The number of benzene rings is 2. The smallest absolute Gasteiger partial charge is 0.244 e. The zero-order valence-electron chi connectivity index (χ0n) is 13.7. The molecule has 1 amide bonds. The predicted octanol–water partition coefficient (Wildman–Crippen LogP) is 2.46. The third-order valence-electron chi connectivity index (χ3n) is 3.83. The summed E-state index contributed by atoms with van der Waals surface area (Å²) in [4.78, 5) is 12.1. The van der Waals surface area contributed by atoms with Gasteiger partial charge < -0.3 is 5.32 Å². The molecule has 0 spiro atoms. The maximum absolute atomic E-state index is 12.1. The quantitative estimate of drug-likeness (QED) is 0.748. The van der Waals surface area contributed by atoms with Crippen molar-refractivity contribution in [3.8, 4) is 0 Å². The van der Waals surface area contributed by atoms with E-state index in [1.807, 2.05) is 30.3 Å². The zero-order valence-corrected chi connectivity index (χ0v) is 14.5. The Morgan fingerprint density at radius 2 is 1.72 bits per heavy atom. The van der Waals surface area contributed by atoms with Crippen molar-refractivity contribution in [1.82, 2.24) is 10.0 Å². The fourth-order valence-electron chi connectivity index (χ4n) is 2.26. The highest BCUT2D eigenvalue weighted by atomic mass is 32.2. The van der Waals surface area contributed by atoms with Gasteiger partial charge in [0.15, 0.2) is 0 Å². The van der Waals surface area contributed by atoms with Crippen LogP contribution in [0.15, 0.2) is 65.6 Å². The van der Waals surface area contributed by atoms with Gasteiger partial charge in [-0.25, -0.2) is 13.1 Å². The first kappa shape index (κ1) is 17.4. The molecule has 0 unspecified atom stereocenters. The van der Waals surface area contributed by atoms with Crippen molar-refractivity contribution in [2.75, 3.05) is 0 Å². The van der Waals surface area contributed by atoms with Crippen molar-refractivity contribution in [2.45, 2.75) is 30.3 Å². The lowest BCUT2D eigenvalue weighted by Gasteiger charge is -2.05. The minimum atomic E-state index is -3.44. The normalized spacial score (nSPS) is 14.6. The van der Waals surface area contributed by atoms with Crippen LogP contribution in [0, 0.1) is 0 Å². The summed E-state index contributed by atoms with van der Waals surface area (Å²) in [6.45, 7) is 0.466. The maximum atomic E-state index is 12.1. The molecule has 0 saturated heterocycles. The van der Waals surface area contributed by atoms with E-state index >= 15 is 0 Å². The molecule has 2 aromatic rings. The van der Waals surface area contributed by atoms with Gasteiger partial charge in [-0.2, -0.15) is 0 Å². The molecule has 1 aliphatic carbocycles. The molecule has 130 valence electrons. The van der Waals surface area contributed by atoms with Gasteiger partial charge in [0.2, 0.25) is 15.9 Å². The Labute approximate surface area is 147 Å². The highest BCUT2D eigenvalue weighted by Gasteiger charge is 2.27. The van der Waals surface area contributed by atoms with Crippen molar-refractivity contribution in [3.05, 3.63) is 71.8 Å². The summed E-state index contributed by atoms with van der Waals surface area (Å²) in [7, 11) is -3.44. The molecule has 2 N–H and O–H groups in total. The highest BCUT2D eigenvalue weighted by molar-refractivity contribution is 7.89. The van der Waals surface area contributed by atoms with Crippen molar-refractivity contribution in [1.29, 1.82) is 0 Å². The standard InChI is InChI=1S/C19H20N2O3S/c22-19(20-14-16-4-2-1-3-5-16)13-8-15-6-11-18(12-7-15)25(23,24)21-17-9-10-17/h1-8,11-13,17,21H,9-10,14H2,(H,20,22). The molecule has 25 heavy (non-hydrogen) atoms. The monoisotopic (exact) mass is 356 g/mol. The molecule has 3 rings (SSSR count). The second-order valence-corrected chi connectivity index (χ2v) is 7.72. The van der Waals surface area contributed by atoms with Crippen LogP contribution in [0.3, 0.4) is 0 Å². The Morgan fingerprint density at radius 1 is 1.04 bits per heavy atom. The van der Waals surface area contributed by atoms with E-state index in [-0.39, 0.29) is 16.8 Å². The van der Waals surface area contributed by atoms with Crippen molar-refractivity contribution < 1.29 is 13.2 Å². The van der Waals surface area contributed by atoms with Crippen LogP contribution in [0.5, 0.6) is 0 Å². The van der Waals surface area contributed by atoms with Gasteiger partial charge in [0.05, 0.1) is 4.90 Å². The molecule has 1 saturated carbocycles. The summed E-state index contributed by atoms with van der Waals surface area (Å²) in [6.07, 6.45) is 4.90.